The van der Waals surface area contributed by atoms with Crippen molar-refractivity contribution in [2.45, 2.75) is 4.90 Å². The highest BCUT2D eigenvalue weighted by molar-refractivity contribution is 7.89. The number of nitrogens with one attached hydrogen (secondary N) is 1. The standard InChI is InChI=1S/C20H23N3O5S2/c1-26-16-3-5-17(6-4-16)30(24,25)23-10-8-22(9-11-23)20(29)21-15-2-7-18-19(14-15)28-13-12-27-18/h2-7,14H,8-13H2,1H3,(H,21,29). The first kappa shape index (κ1) is 20.7. The monoisotopic (exact) mass is 449 g/mol. The lowest BCUT2D eigenvalue weighted by atomic mass is 10.2. The van der Waals surface area contributed by atoms with Crippen LogP contribution in [0.15, 0.2) is 47.4 Å². The number of nitrogens with zero attached hydrogens (tertiary/aromatic N) is 2. The van der Waals surface area contributed by atoms with Gasteiger partial charge in [-0.2, -0.15) is 4.31 Å². The second kappa shape index (κ2) is 8.66. The first-order valence-corrected chi connectivity index (χ1v) is 11.4. The molecule has 0 aromatic heterocycles. The van der Waals surface area contributed by atoms with Crippen molar-refractivity contribution >= 4 is 33.0 Å². The topological polar surface area (TPSA) is 80.3 Å². The van der Waals surface area contributed by atoms with Crippen molar-refractivity contribution in [3.05, 3.63) is 42.5 Å². The number of sulfonamides is 1. The number of hydrogen-bond donors (Lipinski definition) is 1. The van der Waals surface area contributed by atoms with Gasteiger partial charge in [-0.1, -0.05) is 0 Å². The molecule has 2 aromatic rings. The number of rotatable bonds is 4. The number of fused-ring (bicyclic) bond motifs is 1. The Morgan fingerprint density at radius 3 is 2.33 bits per heavy atom. The summed E-state index contributed by atoms with van der Waals surface area (Å²) in [5.41, 5.74) is 0.803. The van der Waals surface area contributed by atoms with E-state index in [1.165, 1.54) is 4.31 Å². The van der Waals surface area contributed by atoms with Crippen LogP contribution in [-0.4, -0.2) is 69.2 Å². The number of hydrogen-bond acceptors (Lipinski definition) is 6. The Morgan fingerprint density at radius 1 is 1.00 bits per heavy atom. The molecule has 0 spiro atoms. The maximum absolute atomic E-state index is 12.9. The molecule has 2 aromatic carbocycles. The molecule has 160 valence electrons. The molecule has 0 saturated carbocycles. The van der Waals surface area contributed by atoms with Gasteiger partial charge >= 0.3 is 0 Å². The summed E-state index contributed by atoms with van der Waals surface area (Å²) in [6.45, 7) is 2.79. The summed E-state index contributed by atoms with van der Waals surface area (Å²) >= 11 is 5.52. The fourth-order valence-electron chi connectivity index (χ4n) is 3.35. The molecule has 2 aliphatic heterocycles. The summed E-state index contributed by atoms with van der Waals surface area (Å²) in [4.78, 5) is 2.22. The lowest BCUT2D eigenvalue weighted by molar-refractivity contribution is 0.171. The number of anilines is 1. The largest absolute Gasteiger partial charge is 0.497 e. The van der Waals surface area contributed by atoms with Gasteiger partial charge in [0.15, 0.2) is 16.6 Å². The Bertz CT molecular complexity index is 1020. The summed E-state index contributed by atoms with van der Waals surface area (Å²) in [5.74, 6) is 2.02. The van der Waals surface area contributed by atoms with E-state index >= 15 is 0 Å². The Kier molecular flexibility index (Phi) is 5.98. The third-order valence-electron chi connectivity index (χ3n) is 5.02. The van der Waals surface area contributed by atoms with Crippen molar-refractivity contribution in [1.29, 1.82) is 0 Å². The quantitative estimate of drug-likeness (QED) is 0.712. The average Bonchev–Trinajstić information content (AvgIpc) is 2.79. The number of piperazine rings is 1. The predicted octanol–water partition coefficient (Wildman–Crippen LogP) is 2.17. The summed E-state index contributed by atoms with van der Waals surface area (Å²) < 4.78 is 43.5. The van der Waals surface area contributed by atoms with Gasteiger partial charge < -0.3 is 24.4 Å². The van der Waals surface area contributed by atoms with Crippen molar-refractivity contribution in [1.82, 2.24) is 9.21 Å². The molecule has 1 saturated heterocycles. The van der Waals surface area contributed by atoms with E-state index in [1.807, 2.05) is 23.1 Å². The molecule has 0 radical (unpaired) electrons. The predicted molar refractivity (Wildman–Crippen MR) is 117 cm³/mol. The molecule has 0 unspecified atom stereocenters. The van der Waals surface area contributed by atoms with Crippen LogP contribution in [-0.2, 0) is 10.0 Å². The smallest absolute Gasteiger partial charge is 0.243 e. The summed E-state index contributed by atoms with van der Waals surface area (Å²) in [5, 5.41) is 3.75. The van der Waals surface area contributed by atoms with Crippen molar-refractivity contribution in [2.75, 3.05) is 51.8 Å². The van der Waals surface area contributed by atoms with Crippen LogP contribution in [0.25, 0.3) is 0 Å². The Hall–Kier alpha value is -2.56. The van der Waals surface area contributed by atoms with Crippen LogP contribution in [0.2, 0.25) is 0 Å². The minimum atomic E-state index is -3.55. The SMILES string of the molecule is COc1ccc(S(=O)(=O)N2CCN(C(=S)Nc3ccc4c(c3)OCCO4)CC2)cc1. The number of ether oxygens (including phenoxy) is 3. The number of thiocarbonyl (C=S) groups is 1. The van der Waals surface area contributed by atoms with E-state index < -0.39 is 10.0 Å². The minimum Gasteiger partial charge on any atom is -0.497 e. The van der Waals surface area contributed by atoms with Crippen molar-refractivity contribution in [3.63, 3.8) is 0 Å². The highest BCUT2D eigenvalue weighted by Crippen LogP contribution is 2.32. The summed E-state index contributed by atoms with van der Waals surface area (Å²) in [6.07, 6.45) is 0. The molecule has 8 nitrogen and oxygen atoms in total. The lowest BCUT2D eigenvalue weighted by Crippen LogP contribution is -2.51. The van der Waals surface area contributed by atoms with Gasteiger partial charge in [-0.15, -0.1) is 0 Å². The molecule has 30 heavy (non-hydrogen) atoms. The van der Waals surface area contributed by atoms with Gasteiger partial charge in [-0.25, -0.2) is 8.42 Å². The number of methoxy groups -OCH3 is 1. The molecule has 1 N–H and O–H groups in total. The van der Waals surface area contributed by atoms with E-state index in [2.05, 4.69) is 5.32 Å². The van der Waals surface area contributed by atoms with E-state index in [0.29, 0.717) is 56.0 Å². The highest BCUT2D eigenvalue weighted by atomic mass is 32.2. The zero-order valence-corrected chi connectivity index (χ0v) is 18.2. The normalized spacial score (nSPS) is 16.8. The van der Waals surface area contributed by atoms with Crippen LogP contribution in [0.4, 0.5) is 5.69 Å². The third-order valence-corrected chi connectivity index (χ3v) is 7.29. The Labute approximate surface area is 181 Å². The molecular weight excluding hydrogens is 426 g/mol. The maximum atomic E-state index is 12.9. The second-order valence-electron chi connectivity index (χ2n) is 6.86. The highest BCUT2D eigenvalue weighted by Gasteiger charge is 2.29. The van der Waals surface area contributed by atoms with Crippen LogP contribution < -0.4 is 19.5 Å². The molecule has 2 heterocycles. The molecule has 0 aliphatic carbocycles. The van der Waals surface area contributed by atoms with Crippen LogP contribution in [0.1, 0.15) is 0 Å². The number of benzene rings is 2. The molecular formula is C20H23N3O5S2. The van der Waals surface area contributed by atoms with E-state index in [4.69, 9.17) is 26.4 Å². The van der Waals surface area contributed by atoms with Crippen LogP contribution in [0.3, 0.4) is 0 Å². The minimum absolute atomic E-state index is 0.258. The van der Waals surface area contributed by atoms with Crippen LogP contribution >= 0.6 is 12.2 Å². The Balaban J connectivity index is 1.36. The molecule has 2 aliphatic rings. The van der Waals surface area contributed by atoms with Crippen molar-refractivity contribution in [3.8, 4) is 17.2 Å². The molecule has 1 fully saturated rings. The van der Waals surface area contributed by atoms with Gasteiger partial charge in [-0.3, -0.25) is 0 Å². The zero-order valence-electron chi connectivity index (χ0n) is 16.5. The van der Waals surface area contributed by atoms with Gasteiger partial charge in [0.05, 0.1) is 12.0 Å². The fraction of sp³-hybridized carbons (Fsp3) is 0.350. The first-order valence-electron chi connectivity index (χ1n) is 9.57. The van der Waals surface area contributed by atoms with Crippen molar-refractivity contribution in [2.24, 2.45) is 0 Å². The van der Waals surface area contributed by atoms with Gasteiger partial charge in [0.1, 0.15) is 19.0 Å². The van der Waals surface area contributed by atoms with Crippen LogP contribution in [0.5, 0.6) is 17.2 Å². The Morgan fingerprint density at radius 2 is 1.67 bits per heavy atom. The van der Waals surface area contributed by atoms with E-state index in [-0.39, 0.29) is 4.90 Å². The second-order valence-corrected chi connectivity index (χ2v) is 9.18. The van der Waals surface area contributed by atoms with Gasteiger partial charge in [0.25, 0.3) is 0 Å². The summed E-state index contributed by atoms with van der Waals surface area (Å²) in [6, 6.07) is 12.0. The molecule has 10 heteroatoms. The lowest BCUT2D eigenvalue weighted by Gasteiger charge is -2.35. The zero-order chi connectivity index (χ0) is 21.1. The molecule has 0 atom stereocenters. The fourth-order valence-corrected chi connectivity index (χ4v) is 5.07. The average molecular weight is 450 g/mol. The first-order chi connectivity index (χ1) is 14.5. The van der Waals surface area contributed by atoms with Crippen molar-refractivity contribution < 1.29 is 22.6 Å². The molecule has 0 bridgehead atoms. The molecule has 0 amide bonds. The van der Waals surface area contributed by atoms with E-state index in [9.17, 15) is 8.42 Å². The van der Waals surface area contributed by atoms with Gasteiger partial charge in [0, 0.05) is 37.9 Å². The van der Waals surface area contributed by atoms with Gasteiger partial charge in [0.2, 0.25) is 10.0 Å². The van der Waals surface area contributed by atoms with Crippen LogP contribution in [0, 0.1) is 0 Å². The molecule has 4 rings (SSSR count). The maximum Gasteiger partial charge on any atom is 0.243 e. The van der Waals surface area contributed by atoms with E-state index in [1.54, 1.807) is 31.4 Å². The third kappa shape index (κ3) is 4.30. The van der Waals surface area contributed by atoms with Gasteiger partial charge in [-0.05, 0) is 48.6 Å². The van der Waals surface area contributed by atoms with E-state index in [0.717, 1.165) is 11.4 Å². The summed E-state index contributed by atoms with van der Waals surface area (Å²) in [7, 11) is -2.00.